The summed E-state index contributed by atoms with van der Waals surface area (Å²) in [6, 6.07) is 14.4. The van der Waals surface area contributed by atoms with Crippen LogP contribution in [0.1, 0.15) is 22.8 Å². The van der Waals surface area contributed by atoms with E-state index in [0.717, 1.165) is 0 Å². The van der Waals surface area contributed by atoms with Crippen molar-refractivity contribution in [1.82, 2.24) is 0 Å². The van der Waals surface area contributed by atoms with E-state index in [-0.39, 0.29) is 11.5 Å². The van der Waals surface area contributed by atoms with Gasteiger partial charge in [-0.25, -0.2) is 4.79 Å². The van der Waals surface area contributed by atoms with Crippen molar-refractivity contribution in [1.29, 1.82) is 5.26 Å². The fourth-order valence-corrected chi connectivity index (χ4v) is 1.93. The second-order valence-electron chi connectivity index (χ2n) is 5.07. The zero-order valence-electron chi connectivity index (χ0n) is 13.4. The average Bonchev–Trinajstić information content (AvgIpc) is 2.60. The zero-order valence-corrected chi connectivity index (χ0v) is 13.4. The molecule has 0 bridgehead atoms. The van der Waals surface area contributed by atoms with Gasteiger partial charge in [0.1, 0.15) is 0 Å². The Hall–Kier alpha value is -3.66. The van der Waals surface area contributed by atoms with Crippen LogP contribution in [0.2, 0.25) is 0 Å². The zero-order chi connectivity index (χ0) is 18.2. The van der Waals surface area contributed by atoms with Crippen LogP contribution in [0.3, 0.4) is 0 Å². The molecule has 0 aliphatic rings. The molecule has 0 aliphatic heterocycles. The third kappa shape index (κ3) is 5.48. The minimum Gasteiger partial charge on any atom is -0.452 e. The first-order chi connectivity index (χ1) is 12.0. The van der Waals surface area contributed by atoms with E-state index in [1.807, 2.05) is 6.07 Å². The highest BCUT2D eigenvalue weighted by Gasteiger charge is 2.10. The Labute approximate surface area is 144 Å². The molecule has 0 heterocycles. The van der Waals surface area contributed by atoms with Gasteiger partial charge in [0.05, 0.1) is 17.2 Å². The summed E-state index contributed by atoms with van der Waals surface area (Å²) in [6.45, 7) is 0.945. The summed E-state index contributed by atoms with van der Waals surface area (Å²) in [5, 5.41) is 13.8. The first-order valence-electron chi connectivity index (χ1n) is 7.33. The van der Waals surface area contributed by atoms with Crippen LogP contribution in [-0.4, -0.2) is 24.4 Å². The molecule has 25 heavy (non-hydrogen) atoms. The normalized spacial score (nSPS) is 9.60. The summed E-state index contributed by atoms with van der Waals surface area (Å²) in [4.78, 5) is 34.6. The minimum atomic E-state index is -0.649. The fourth-order valence-electron chi connectivity index (χ4n) is 1.93. The summed E-state index contributed by atoms with van der Waals surface area (Å²) in [5.74, 6) is -1.35. The molecule has 0 saturated heterocycles. The molecule has 2 aromatic carbocycles. The topological polar surface area (TPSA) is 108 Å². The van der Waals surface area contributed by atoms with Crippen molar-refractivity contribution < 1.29 is 19.1 Å². The number of hydrogen-bond donors (Lipinski definition) is 2. The van der Waals surface area contributed by atoms with Crippen LogP contribution in [-0.2, 0) is 14.3 Å². The number of ether oxygens (including phenoxy) is 1. The van der Waals surface area contributed by atoms with E-state index in [0.29, 0.717) is 16.9 Å². The Morgan fingerprint density at radius 3 is 2.08 bits per heavy atom. The van der Waals surface area contributed by atoms with Crippen LogP contribution < -0.4 is 10.6 Å². The van der Waals surface area contributed by atoms with Gasteiger partial charge in [-0.05, 0) is 48.5 Å². The highest BCUT2D eigenvalue weighted by Crippen LogP contribution is 2.11. The number of esters is 1. The Morgan fingerprint density at radius 2 is 1.52 bits per heavy atom. The molecule has 0 radical (unpaired) electrons. The number of nitriles is 1. The van der Waals surface area contributed by atoms with Gasteiger partial charge in [0.15, 0.2) is 6.61 Å². The van der Waals surface area contributed by atoms with E-state index in [1.165, 1.54) is 19.1 Å². The van der Waals surface area contributed by atoms with Gasteiger partial charge in [0.2, 0.25) is 5.91 Å². The third-order valence-electron chi connectivity index (χ3n) is 3.07. The van der Waals surface area contributed by atoms with E-state index in [1.54, 1.807) is 36.4 Å². The maximum Gasteiger partial charge on any atom is 0.338 e. The molecular weight excluding hydrogens is 322 g/mol. The van der Waals surface area contributed by atoms with Gasteiger partial charge in [-0.3, -0.25) is 9.59 Å². The molecule has 0 saturated carbocycles. The van der Waals surface area contributed by atoms with Gasteiger partial charge in [-0.15, -0.1) is 0 Å². The lowest BCUT2D eigenvalue weighted by Gasteiger charge is -2.07. The minimum absolute atomic E-state index is 0.213. The van der Waals surface area contributed by atoms with E-state index < -0.39 is 18.5 Å². The second-order valence-corrected chi connectivity index (χ2v) is 5.07. The van der Waals surface area contributed by atoms with E-state index in [9.17, 15) is 14.4 Å². The predicted molar refractivity (Wildman–Crippen MR) is 90.8 cm³/mol. The molecule has 2 amide bonds. The van der Waals surface area contributed by atoms with Crippen LogP contribution in [0, 0.1) is 11.3 Å². The molecule has 7 nitrogen and oxygen atoms in total. The number of nitrogens with one attached hydrogen (secondary N) is 2. The first-order valence-corrected chi connectivity index (χ1v) is 7.33. The highest BCUT2D eigenvalue weighted by atomic mass is 16.5. The number of rotatable bonds is 5. The third-order valence-corrected chi connectivity index (χ3v) is 3.07. The van der Waals surface area contributed by atoms with Crippen LogP contribution in [0.4, 0.5) is 11.4 Å². The Balaban J connectivity index is 1.85. The maximum absolute atomic E-state index is 11.9. The van der Waals surface area contributed by atoms with Crippen LogP contribution in [0.15, 0.2) is 48.5 Å². The first kappa shape index (κ1) is 17.7. The molecule has 0 aliphatic carbocycles. The van der Waals surface area contributed by atoms with Gasteiger partial charge in [-0.1, -0.05) is 0 Å². The van der Waals surface area contributed by atoms with Gasteiger partial charge in [0.25, 0.3) is 5.91 Å². The molecule has 0 unspecified atom stereocenters. The molecule has 0 aromatic heterocycles. The van der Waals surface area contributed by atoms with Crippen LogP contribution in [0.25, 0.3) is 0 Å². The molecule has 2 aromatic rings. The van der Waals surface area contributed by atoms with Crippen molar-refractivity contribution in [3.8, 4) is 6.07 Å². The number of anilines is 2. The summed E-state index contributed by atoms with van der Waals surface area (Å²) in [6.07, 6.45) is 0. The Kier molecular flexibility index (Phi) is 5.85. The lowest BCUT2D eigenvalue weighted by Crippen LogP contribution is -2.20. The summed E-state index contributed by atoms with van der Waals surface area (Å²) in [5.41, 5.74) is 1.80. The molecule has 7 heteroatoms. The number of carbonyl (C=O) groups excluding carboxylic acids is 3. The van der Waals surface area contributed by atoms with Crippen molar-refractivity contribution in [2.75, 3.05) is 17.2 Å². The van der Waals surface area contributed by atoms with E-state index in [2.05, 4.69) is 10.6 Å². The van der Waals surface area contributed by atoms with Crippen molar-refractivity contribution in [2.24, 2.45) is 0 Å². The van der Waals surface area contributed by atoms with Crippen LogP contribution in [0.5, 0.6) is 0 Å². The van der Waals surface area contributed by atoms with Gasteiger partial charge < -0.3 is 15.4 Å². The van der Waals surface area contributed by atoms with E-state index in [4.69, 9.17) is 10.00 Å². The molecule has 0 fully saturated rings. The highest BCUT2D eigenvalue weighted by molar-refractivity contribution is 5.96. The number of hydrogen-bond acceptors (Lipinski definition) is 5. The fraction of sp³-hybridized carbons (Fsp3) is 0.111. The molecule has 2 rings (SSSR count). The number of nitrogens with zero attached hydrogens (tertiary/aromatic N) is 1. The van der Waals surface area contributed by atoms with Crippen molar-refractivity contribution in [3.63, 3.8) is 0 Å². The average molecular weight is 337 g/mol. The summed E-state index contributed by atoms with van der Waals surface area (Å²) < 4.78 is 4.94. The summed E-state index contributed by atoms with van der Waals surface area (Å²) >= 11 is 0. The standard InChI is InChI=1S/C18H15N3O4/c1-12(22)20-15-8-4-14(5-9-15)18(24)25-11-17(23)21-16-6-2-13(10-19)3-7-16/h2-9H,11H2,1H3,(H,20,22)(H,21,23). The SMILES string of the molecule is CC(=O)Nc1ccc(C(=O)OCC(=O)Nc2ccc(C#N)cc2)cc1. The molecule has 126 valence electrons. The quantitative estimate of drug-likeness (QED) is 0.814. The van der Waals surface area contributed by atoms with E-state index >= 15 is 0 Å². The van der Waals surface area contributed by atoms with Gasteiger partial charge in [0, 0.05) is 18.3 Å². The molecule has 0 atom stereocenters. The molecule has 0 spiro atoms. The lowest BCUT2D eigenvalue weighted by molar-refractivity contribution is -0.119. The molecule has 2 N–H and O–H groups in total. The maximum atomic E-state index is 11.9. The van der Waals surface area contributed by atoms with Gasteiger partial charge >= 0.3 is 5.97 Å². The van der Waals surface area contributed by atoms with Gasteiger partial charge in [-0.2, -0.15) is 5.26 Å². The van der Waals surface area contributed by atoms with Crippen molar-refractivity contribution in [2.45, 2.75) is 6.92 Å². The lowest BCUT2D eigenvalue weighted by atomic mass is 10.2. The van der Waals surface area contributed by atoms with Crippen molar-refractivity contribution >= 4 is 29.2 Å². The number of amides is 2. The number of benzene rings is 2. The van der Waals surface area contributed by atoms with Crippen molar-refractivity contribution in [3.05, 3.63) is 59.7 Å². The largest absolute Gasteiger partial charge is 0.452 e. The summed E-state index contributed by atoms with van der Waals surface area (Å²) in [7, 11) is 0. The smallest absolute Gasteiger partial charge is 0.338 e. The number of carbonyl (C=O) groups is 3. The predicted octanol–water partition coefficient (Wildman–Crippen LogP) is 2.31. The second kappa shape index (κ2) is 8.26. The molecular formula is C18H15N3O4. The Morgan fingerprint density at radius 1 is 0.960 bits per heavy atom. The van der Waals surface area contributed by atoms with Crippen LogP contribution >= 0.6 is 0 Å². The Bertz CT molecular complexity index is 821. The monoisotopic (exact) mass is 337 g/mol.